The predicted molar refractivity (Wildman–Crippen MR) is 87.6 cm³/mol. The van der Waals surface area contributed by atoms with Crippen LogP contribution in [0.5, 0.6) is 5.75 Å². The number of benzene rings is 1. The molecule has 0 amide bonds. The van der Waals surface area contributed by atoms with Gasteiger partial charge in [0.25, 0.3) is 0 Å². The van der Waals surface area contributed by atoms with Gasteiger partial charge in [0.1, 0.15) is 11.6 Å². The number of methoxy groups -OCH3 is 1. The standard InChI is InChI=1S/C16H17BrFNOS/c1-20-13-8-12(18)11(17)7-10(13)16(19)15-6-9-4-2-3-5-14(9)21-15/h6-8,16H,2-5,19H2,1H3. The first kappa shape index (κ1) is 15.0. The van der Waals surface area contributed by atoms with Crippen molar-refractivity contribution in [2.75, 3.05) is 7.11 Å². The van der Waals surface area contributed by atoms with Crippen molar-refractivity contribution in [3.05, 3.63) is 49.4 Å². The molecule has 2 nitrogen and oxygen atoms in total. The van der Waals surface area contributed by atoms with Crippen LogP contribution in [0.3, 0.4) is 0 Å². The lowest BCUT2D eigenvalue weighted by molar-refractivity contribution is 0.404. The van der Waals surface area contributed by atoms with Gasteiger partial charge >= 0.3 is 0 Å². The summed E-state index contributed by atoms with van der Waals surface area (Å²) in [5, 5.41) is 0. The first-order valence-electron chi connectivity index (χ1n) is 7.00. The van der Waals surface area contributed by atoms with Gasteiger partial charge in [-0.15, -0.1) is 11.3 Å². The molecule has 1 aliphatic carbocycles. The number of rotatable bonds is 3. The average Bonchev–Trinajstić information content (AvgIpc) is 2.92. The van der Waals surface area contributed by atoms with E-state index in [4.69, 9.17) is 10.5 Å². The van der Waals surface area contributed by atoms with Gasteiger partial charge in [-0.3, -0.25) is 0 Å². The Kier molecular flexibility index (Phi) is 4.33. The van der Waals surface area contributed by atoms with E-state index in [1.54, 1.807) is 24.5 Å². The summed E-state index contributed by atoms with van der Waals surface area (Å²) in [5.41, 5.74) is 8.65. The van der Waals surface area contributed by atoms with Crippen LogP contribution < -0.4 is 10.5 Å². The van der Waals surface area contributed by atoms with Crippen molar-refractivity contribution in [1.29, 1.82) is 0 Å². The largest absolute Gasteiger partial charge is 0.496 e. The smallest absolute Gasteiger partial charge is 0.141 e. The lowest BCUT2D eigenvalue weighted by Crippen LogP contribution is -2.12. The van der Waals surface area contributed by atoms with E-state index in [0.29, 0.717) is 10.2 Å². The number of nitrogens with two attached hydrogens (primary N) is 1. The summed E-state index contributed by atoms with van der Waals surface area (Å²) in [6.07, 6.45) is 4.80. The summed E-state index contributed by atoms with van der Waals surface area (Å²) in [6, 6.07) is 5.03. The highest BCUT2D eigenvalue weighted by molar-refractivity contribution is 9.10. The second kappa shape index (κ2) is 6.07. The predicted octanol–water partition coefficient (Wildman–Crippen LogP) is 4.59. The van der Waals surface area contributed by atoms with Crippen molar-refractivity contribution >= 4 is 27.3 Å². The molecule has 0 saturated heterocycles. The maximum atomic E-state index is 13.6. The normalized spacial score (nSPS) is 15.6. The number of ether oxygens (including phenoxy) is 1. The Labute approximate surface area is 136 Å². The van der Waals surface area contributed by atoms with Crippen molar-refractivity contribution in [3.63, 3.8) is 0 Å². The van der Waals surface area contributed by atoms with Crippen molar-refractivity contribution < 1.29 is 9.13 Å². The topological polar surface area (TPSA) is 35.2 Å². The minimum Gasteiger partial charge on any atom is -0.496 e. The molecule has 112 valence electrons. The molecule has 2 N–H and O–H groups in total. The van der Waals surface area contributed by atoms with Gasteiger partial charge in [0.15, 0.2) is 0 Å². The molecule has 1 aliphatic rings. The quantitative estimate of drug-likeness (QED) is 0.858. The molecular weight excluding hydrogens is 353 g/mol. The molecule has 1 atom stereocenters. The highest BCUT2D eigenvalue weighted by atomic mass is 79.9. The van der Waals surface area contributed by atoms with E-state index in [9.17, 15) is 4.39 Å². The molecule has 0 radical (unpaired) electrons. The monoisotopic (exact) mass is 369 g/mol. The van der Waals surface area contributed by atoms with Crippen LogP contribution in [0.2, 0.25) is 0 Å². The fraction of sp³-hybridized carbons (Fsp3) is 0.375. The van der Waals surface area contributed by atoms with Crippen molar-refractivity contribution in [2.24, 2.45) is 5.73 Å². The summed E-state index contributed by atoms with van der Waals surface area (Å²) in [6.45, 7) is 0. The molecule has 0 fully saturated rings. The first-order valence-corrected chi connectivity index (χ1v) is 8.61. The lowest BCUT2D eigenvalue weighted by atomic mass is 9.98. The Bertz CT molecular complexity index is 647. The Morgan fingerprint density at radius 1 is 1.29 bits per heavy atom. The van der Waals surface area contributed by atoms with Crippen LogP contribution in [0.15, 0.2) is 22.7 Å². The zero-order valence-electron chi connectivity index (χ0n) is 11.8. The molecule has 21 heavy (non-hydrogen) atoms. The minimum absolute atomic E-state index is 0.285. The molecule has 0 bridgehead atoms. The van der Waals surface area contributed by atoms with E-state index in [1.807, 2.05) is 0 Å². The fourth-order valence-corrected chi connectivity index (χ4v) is 4.42. The average molecular weight is 370 g/mol. The highest BCUT2D eigenvalue weighted by Gasteiger charge is 2.21. The molecule has 1 aromatic heterocycles. The van der Waals surface area contributed by atoms with Gasteiger partial charge < -0.3 is 10.5 Å². The molecule has 2 aromatic rings. The first-order chi connectivity index (χ1) is 10.1. The lowest BCUT2D eigenvalue weighted by Gasteiger charge is -2.15. The van der Waals surface area contributed by atoms with Gasteiger partial charge in [-0.25, -0.2) is 4.39 Å². The van der Waals surface area contributed by atoms with Crippen LogP contribution in [0.1, 0.15) is 39.8 Å². The Morgan fingerprint density at radius 2 is 2.05 bits per heavy atom. The van der Waals surface area contributed by atoms with Gasteiger partial charge in [0.2, 0.25) is 0 Å². The van der Waals surface area contributed by atoms with Crippen LogP contribution in [0, 0.1) is 5.82 Å². The molecule has 1 unspecified atom stereocenters. The molecule has 5 heteroatoms. The Morgan fingerprint density at radius 3 is 2.76 bits per heavy atom. The van der Waals surface area contributed by atoms with Gasteiger partial charge in [-0.1, -0.05) is 0 Å². The summed E-state index contributed by atoms with van der Waals surface area (Å²) >= 11 is 5.00. The van der Waals surface area contributed by atoms with Gasteiger partial charge in [0, 0.05) is 21.4 Å². The number of halogens is 2. The van der Waals surface area contributed by atoms with Gasteiger partial charge in [0.05, 0.1) is 17.6 Å². The maximum absolute atomic E-state index is 13.6. The Hall–Kier alpha value is -0.910. The fourth-order valence-electron chi connectivity index (χ4n) is 2.78. The molecule has 0 aliphatic heterocycles. The second-order valence-corrected chi connectivity index (χ2v) is 7.31. The van der Waals surface area contributed by atoms with Gasteiger partial charge in [-0.05, 0) is 59.3 Å². The minimum atomic E-state index is -0.340. The molecule has 3 rings (SSSR count). The third-order valence-electron chi connectivity index (χ3n) is 3.93. The summed E-state index contributed by atoms with van der Waals surface area (Å²) in [5.74, 6) is 0.155. The molecule has 1 aromatic carbocycles. The molecule has 0 spiro atoms. The third kappa shape index (κ3) is 2.87. The van der Waals surface area contributed by atoms with Crippen molar-refractivity contribution in [1.82, 2.24) is 0 Å². The van der Waals surface area contributed by atoms with Crippen LogP contribution in [-0.2, 0) is 12.8 Å². The summed E-state index contributed by atoms with van der Waals surface area (Å²) in [7, 11) is 1.54. The Balaban J connectivity index is 1.99. The van der Waals surface area contributed by atoms with E-state index in [1.165, 1.54) is 29.3 Å². The van der Waals surface area contributed by atoms with Gasteiger partial charge in [-0.2, -0.15) is 0 Å². The molecular formula is C16H17BrFNOS. The summed E-state index contributed by atoms with van der Waals surface area (Å²) < 4.78 is 19.3. The number of hydrogen-bond acceptors (Lipinski definition) is 3. The number of hydrogen-bond donors (Lipinski definition) is 1. The van der Waals surface area contributed by atoms with Crippen LogP contribution in [0.4, 0.5) is 4.39 Å². The van der Waals surface area contributed by atoms with Crippen molar-refractivity contribution in [3.8, 4) is 5.75 Å². The highest BCUT2D eigenvalue weighted by Crippen LogP contribution is 2.38. The summed E-state index contributed by atoms with van der Waals surface area (Å²) in [4.78, 5) is 2.57. The number of aryl methyl sites for hydroxylation is 2. The van der Waals surface area contributed by atoms with E-state index >= 15 is 0 Å². The zero-order chi connectivity index (χ0) is 15.0. The van der Waals surface area contributed by atoms with Crippen LogP contribution >= 0.6 is 27.3 Å². The van der Waals surface area contributed by atoms with E-state index in [2.05, 4.69) is 22.0 Å². The molecule has 1 heterocycles. The van der Waals surface area contributed by atoms with E-state index in [0.717, 1.165) is 23.3 Å². The molecule has 0 saturated carbocycles. The zero-order valence-corrected chi connectivity index (χ0v) is 14.2. The van der Waals surface area contributed by atoms with E-state index < -0.39 is 0 Å². The second-order valence-electron chi connectivity index (χ2n) is 5.29. The third-order valence-corrected chi connectivity index (χ3v) is 5.86. The van der Waals surface area contributed by atoms with E-state index in [-0.39, 0.29) is 11.9 Å². The van der Waals surface area contributed by atoms with Crippen LogP contribution in [-0.4, -0.2) is 7.11 Å². The number of thiophene rings is 1. The number of fused-ring (bicyclic) bond motifs is 1. The van der Waals surface area contributed by atoms with Crippen LogP contribution in [0.25, 0.3) is 0 Å². The SMILES string of the molecule is COc1cc(F)c(Br)cc1C(N)c1cc2c(s1)CCCC2. The maximum Gasteiger partial charge on any atom is 0.141 e. The van der Waals surface area contributed by atoms with Crippen molar-refractivity contribution in [2.45, 2.75) is 31.7 Å².